The third kappa shape index (κ3) is 4.43. The second-order valence-corrected chi connectivity index (χ2v) is 5.64. The van der Waals surface area contributed by atoms with E-state index in [1.165, 1.54) is 12.1 Å². The summed E-state index contributed by atoms with van der Waals surface area (Å²) in [6, 6.07) is 7.55. The third-order valence-corrected chi connectivity index (χ3v) is 3.21. The van der Waals surface area contributed by atoms with Gasteiger partial charge in [0.1, 0.15) is 5.75 Å². The number of ether oxygens (including phenoxy) is 1. The fourth-order valence-electron chi connectivity index (χ4n) is 1.16. The molecule has 0 fully saturated rings. The van der Waals surface area contributed by atoms with Crippen LogP contribution in [0.1, 0.15) is 6.42 Å². The Labute approximate surface area is 101 Å². The Bertz CT molecular complexity index is 520. The molecule has 1 rings (SSSR count). The van der Waals surface area contributed by atoms with Crippen molar-refractivity contribution in [3.63, 3.8) is 0 Å². The van der Waals surface area contributed by atoms with Crippen molar-refractivity contribution in [2.75, 3.05) is 12.9 Å². The summed E-state index contributed by atoms with van der Waals surface area (Å²) < 4.78 is 27.9. The molecule has 0 amide bonds. The zero-order chi connectivity index (χ0) is 12.9. The molecule has 0 aromatic heterocycles. The van der Waals surface area contributed by atoms with Crippen molar-refractivity contribution < 1.29 is 13.2 Å². The van der Waals surface area contributed by atoms with Crippen LogP contribution in [0.3, 0.4) is 0 Å². The summed E-state index contributed by atoms with van der Waals surface area (Å²) >= 11 is 0. The zero-order valence-corrected chi connectivity index (χ0v) is 10.3. The van der Waals surface area contributed by atoms with Crippen LogP contribution < -0.4 is 10.5 Å². The Hall–Kier alpha value is -1.58. The minimum atomic E-state index is -3.23. The van der Waals surface area contributed by atoms with Gasteiger partial charge in [-0.15, -0.1) is 0 Å². The van der Waals surface area contributed by atoms with Crippen molar-refractivity contribution >= 4 is 9.84 Å². The lowest BCUT2D eigenvalue weighted by Crippen LogP contribution is -2.20. The number of benzene rings is 1. The number of nitrogens with two attached hydrogens (primary N) is 1. The summed E-state index contributed by atoms with van der Waals surface area (Å²) in [6.45, 7) is 0.280. The van der Waals surface area contributed by atoms with Crippen LogP contribution in [0.5, 0.6) is 5.75 Å². The standard InChI is InChI=1S/C11H14N2O3S/c1-17(14,15)11-4-2-3-10(7-11)16-6-5-9(13)8-12/h2-4,7,9H,5-6,13H2,1H3. The van der Waals surface area contributed by atoms with Crippen LogP contribution in [-0.4, -0.2) is 27.3 Å². The molecule has 1 unspecified atom stereocenters. The number of sulfone groups is 1. The highest BCUT2D eigenvalue weighted by molar-refractivity contribution is 7.90. The van der Waals surface area contributed by atoms with Gasteiger partial charge in [0.25, 0.3) is 0 Å². The van der Waals surface area contributed by atoms with Crippen LogP contribution in [0.15, 0.2) is 29.2 Å². The third-order valence-electron chi connectivity index (χ3n) is 2.10. The molecule has 0 heterocycles. The quantitative estimate of drug-likeness (QED) is 0.835. The largest absolute Gasteiger partial charge is 0.493 e. The maximum atomic E-state index is 11.3. The normalized spacial score (nSPS) is 12.8. The number of hydrogen-bond donors (Lipinski definition) is 1. The molecule has 6 heteroatoms. The molecule has 0 spiro atoms. The van der Waals surface area contributed by atoms with E-state index < -0.39 is 15.9 Å². The van der Waals surface area contributed by atoms with Crippen molar-refractivity contribution in [2.24, 2.45) is 5.73 Å². The Balaban J connectivity index is 2.65. The van der Waals surface area contributed by atoms with Gasteiger partial charge in [-0.25, -0.2) is 8.42 Å². The Morgan fingerprint density at radius 2 is 2.24 bits per heavy atom. The van der Waals surface area contributed by atoms with Gasteiger partial charge in [-0.2, -0.15) is 5.26 Å². The fraction of sp³-hybridized carbons (Fsp3) is 0.364. The smallest absolute Gasteiger partial charge is 0.175 e. The molecule has 0 aliphatic heterocycles. The SMILES string of the molecule is CS(=O)(=O)c1cccc(OCCC(N)C#N)c1. The second-order valence-electron chi connectivity index (χ2n) is 3.62. The molecule has 92 valence electrons. The van der Waals surface area contributed by atoms with Crippen molar-refractivity contribution in [1.82, 2.24) is 0 Å². The van der Waals surface area contributed by atoms with Crippen LogP contribution in [0.2, 0.25) is 0 Å². The van der Waals surface area contributed by atoms with Gasteiger partial charge in [-0.05, 0) is 18.2 Å². The molecule has 0 saturated heterocycles. The first-order valence-corrected chi connectivity index (χ1v) is 6.91. The molecule has 0 saturated carbocycles. The molecule has 1 aromatic carbocycles. The van der Waals surface area contributed by atoms with Gasteiger partial charge in [-0.1, -0.05) is 6.07 Å². The number of nitrogens with zero attached hydrogens (tertiary/aromatic N) is 1. The summed E-state index contributed by atoms with van der Waals surface area (Å²) in [4.78, 5) is 0.208. The highest BCUT2D eigenvalue weighted by Gasteiger charge is 2.08. The van der Waals surface area contributed by atoms with E-state index in [9.17, 15) is 8.42 Å². The van der Waals surface area contributed by atoms with Crippen molar-refractivity contribution in [3.05, 3.63) is 24.3 Å². The van der Waals surface area contributed by atoms with E-state index >= 15 is 0 Å². The van der Waals surface area contributed by atoms with Crippen LogP contribution >= 0.6 is 0 Å². The first-order valence-electron chi connectivity index (χ1n) is 5.01. The molecular weight excluding hydrogens is 240 g/mol. The van der Waals surface area contributed by atoms with E-state index in [4.69, 9.17) is 15.7 Å². The van der Waals surface area contributed by atoms with Crippen LogP contribution in [0.4, 0.5) is 0 Å². The average Bonchev–Trinajstić information content (AvgIpc) is 2.28. The van der Waals surface area contributed by atoms with Gasteiger partial charge in [-0.3, -0.25) is 0 Å². The molecule has 0 aliphatic rings. The van der Waals surface area contributed by atoms with Crippen LogP contribution in [0.25, 0.3) is 0 Å². The maximum Gasteiger partial charge on any atom is 0.175 e. The molecule has 1 aromatic rings. The Kier molecular flexibility index (Phi) is 4.49. The predicted octanol–water partition coefficient (Wildman–Crippen LogP) is 0.710. The van der Waals surface area contributed by atoms with Crippen LogP contribution in [0, 0.1) is 11.3 Å². The minimum absolute atomic E-state index is 0.208. The van der Waals surface area contributed by atoms with Gasteiger partial charge in [0.05, 0.1) is 23.6 Å². The van der Waals surface area contributed by atoms with Gasteiger partial charge in [0.2, 0.25) is 0 Å². The highest BCUT2D eigenvalue weighted by Crippen LogP contribution is 2.17. The van der Waals surface area contributed by atoms with Crippen molar-refractivity contribution in [3.8, 4) is 11.8 Å². The molecule has 5 nitrogen and oxygen atoms in total. The molecule has 0 radical (unpaired) electrons. The van der Waals surface area contributed by atoms with Crippen molar-refractivity contribution in [1.29, 1.82) is 5.26 Å². The average molecular weight is 254 g/mol. The molecule has 0 bridgehead atoms. The summed E-state index contributed by atoms with van der Waals surface area (Å²) in [7, 11) is -3.23. The minimum Gasteiger partial charge on any atom is -0.493 e. The van der Waals surface area contributed by atoms with E-state index in [0.29, 0.717) is 12.2 Å². The lowest BCUT2D eigenvalue weighted by Gasteiger charge is -2.08. The Morgan fingerprint density at radius 3 is 2.82 bits per heavy atom. The van der Waals surface area contributed by atoms with Crippen LogP contribution in [-0.2, 0) is 9.84 Å². The van der Waals surface area contributed by atoms with Gasteiger partial charge >= 0.3 is 0 Å². The molecule has 1 atom stereocenters. The molecule has 2 N–H and O–H groups in total. The summed E-state index contributed by atoms with van der Waals surface area (Å²) in [5, 5.41) is 8.47. The summed E-state index contributed by atoms with van der Waals surface area (Å²) in [5.41, 5.74) is 5.40. The maximum absolute atomic E-state index is 11.3. The topological polar surface area (TPSA) is 93.2 Å². The number of hydrogen-bond acceptors (Lipinski definition) is 5. The first-order chi connectivity index (χ1) is 7.93. The number of rotatable bonds is 5. The molecule has 0 aliphatic carbocycles. The lowest BCUT2D eigenvalue weighted by atomic mass is 10.2. The first kappa shape index (κ1) is 13.5. The van der Waals surface area contributed by atoms with E-state index in [1.807, 2.05) is 6.07 Å². The summed E-state index contributed by atoms with van der Waals surface area (Å²) in [5.74, 6) is 0.457. The molecular formula is C11H14N2O3S. The fourth-order valence-corrected chi connectivity index (χ4v) is 1.82. The second kappa shape index (κ2) is 5.66. The Morgan fingerprint density at radius 1 is 1.53 bits per heavy atom. The summed E-state index contributed by atoms with van der Waals surface area (Å²) in [6.07, 6.45) is 1.54. The van der Waals surface area contributed by atoms with Gasteiger partial charge < -0.3 is 10.5 Å². The molecule has 17 heavy (non-hydrogen) atoms. The number of nitriles is 1. The monoisotopic (exact) mass is 254 g/mol. The van der Waals surface area contributed by atoms with Gasteiger partial charge in [0.15, 0.2) is 9.84 Å². The lowest BCUT2D eigenvalue weighted by molar-refractivity contribution is 0.305. The van der Waals surface area contributed by atoms with Gasteiger partial charge in [0, 0.05) is 12.7 Å². The van der Waals surface area contributed by atoms with Crippen molar-refractivity contribution in [2.45, 2.75) is 17.4 Å². The van der Waals surface area contributed by atoms with E-state index in [0.717, 1.165) is 6.26 Å². The van der Waals surface area contributed by atoms with E-state index in [2.05, 4.69) is 0 Å². The highest BCUT2D eigenvalue weighted by atomic mass is 32.2. The zero-order valence-electron chi connectivity index (χ0n) is 9.46. The van der Waals surface area contributed by atoms with E-state index in [1.54, 1.807) is 12.1 Å². The van der Waals surface area contributed by atoms with E-state index in [-0.39, 0.29) is 11.5 Å². The predicted molar refractivity (Wildman–Crippen MR) is 63.3 cm³/mol.